The molecule has 7 rings (SSSR count). The fourth-order valence-electron chi connectivity index (χ4n) is 6.29. The average Bonchev–Trinajstić information content (AvgIpc) is 3.44. The third-order valence-electron chi connectivity index (χ3n) is 8.68. The molecule has 45 heavy (non-hydrogen) atoms. The van der Waals surface area contributed by atoms with Gasteiger partial charge in [0.2, 0.25) is 0 Å². The van der Waals surface area contributed by atoms with Crippen LogP contribution in [0.1, 0.15) is 70.0 Å². The first-order valence-corrected chi connectivity index (χ1v) is 15.8. The normalized spacial score (nSPS) is 18.1. The maximum atomic E-state index is 13.3. The van der Waals surface area contributed by atoms with Crippen LogP contribution in [0.4, 0.5) is 5.82 Å². The second kappa shape index (κ2) is 12.4. The number of carbonyl (C=O) groups is 1. The number of ether oxygens (including phenoxy) is 3. The minimum atomic E-state index is -0.974. The van der Waals surface area contributed by atoms with E-state index in [0.717, 1.165) is 72.7 Å². The van der Waals surface area contributed by atoms with Crippen LogP contribution in [0.5, 0.6) is 0 Å². The van der Waals surface area contributed by atoms with Crippen molar-refractivity contribution in [3.05, 3.63) is 77.8 Å². The number of aryl methyl sites for hydroxylation is 2. The molecule has 236 valence electrons. The number of methoxy groups -OCH3 is 1. The molecule has 0 unspecified atom stereocenters. The number of benzene rings is 1. The number of hydrogen-bond donors (Lipinski definition) is 0. The van der Waals surface area contributed by atoms with Crippen LogP contribution in [-0.2, 0) is 25.4 Å². The van der Waals surface area contributed by atoms with Crippen molar-refractivity contribution in [2.45, 2.75) is 77.6 Å². The van der Waals surface area contributed by atoms with Gasteiger partial charge in [-0.2, -0.15) is 9.61 Å². The molecule has 0 saturated carbocycles. The van der Waals surface area contributed by atoms with Gasteiger partial charge in [-0.3, -0.25) is 4.98 Å². The first-order valence-electron chi connectivity index (χ1n) is 15.8. The number of rotatable bonds is 3. The summed E-state index contributed by atoms with van der Waals surface area (Å²) >= 11 is 0. The number of pyridine rings is 1. The van der Waals surface area contributed by atoms with E-state index < -0.39 is 17.7 Å². The van der Waals surface area contributed by atoms with Crippen LogP contribution in [0.25, 0.3) is 28.0 Å². The Kier molecular flexibility index (Phi) is 8.50. The van der Waals surface area contributed by atoms with Gasteiger partial charge in [0.05, 0.1) is 36.2 Å². The van der Waals surface area contributed by atoms with E-state index in [9.17, 15) is 4.79 Å². The number of carbonyl (C=O) groups excluding carboxylic acids is 1. The van der Waals surface area contributed by atoms with Crippen LogP contribution in [-0.4, -0.2) is 63.6 Å². The second-order valence-electron chi connectivity index (χ2n) is 13.2. The van der Waals surface area contributed by atoms with Crippen molar-refractivity contribution in [2.75, 3.05) is 31.7 Å². The molecule has 4 aromatic rings. The van der Waals surface area contributed by atoms with Crippen molar-refractivity contribution in [3.8, 4) is 22.4 Å². The summed E-state index contributed by atoms with van der Waals surface area (Å²) in [6.45, 7) is 11.9. The number of piperidine rings is 1. The van der Waals surface area contributed by atoms with E-state index in [-0.39, 0.29) is 5.60 Å². The molecule has 0 aliphatic carbocycles. The fraction of sp³-hybridized carbons (Fsp3) is 0.444. The molecule has 1 atom stereocenters. The molecule has 0 radical (unpaired) electrons. The second-order valence-corrected chi connectivity index (χ2v) is 13.2. The molecular formula is C36H43N5O4. The van der Waals surface area contributed by atoms with Crippen molar-refractivity contribution in [1.29, 1.82) is 0 Å². The Labute approximate surface area is 265 Å². The molecule has 1 saturated heterocycles. The quantitative estimate of drug-likeness (QED) is 0.188. The molecule has 6 bridgehead atoms. The molecule has 6 heterocycles. The standard InChI is InChI=1S/C36H43N5O4/c1-24-31(32(34(42)43-6)45-35(2,3)4)33-40-19-16-36(5,17-20-40)44-21-9-7-8-15-28-27(14-11-18-37-28)25-12-10-13-26(22-25)29-23-30(38-24)41(33)39-29/h7,9-14,18,22-23,32H,8,15-17,19-21H2,1-6H3/b9-7-/t32-/m0/s1. The summed E-state index contributed by atoms with van der Waals surface area (Å²) in [5.41, 5.74) is 6.24. The Bertz CT molecular complexity index is 1730. The Morgan fingerprint density at radius 1 is 1.07 bits per heavy atom. The number of aromatic nitrogens is 4. The maximum absolute atomic E-state index is 13.3. The predicted molar refractivity (Wildman–Crippen MR) is 175 cm³/mol. The molecule has 3 aliphatic rings. The highest BCUT2D eigenvalue weighted by Gasteiger charge is 2.38. The zero-order valence-electron chi connectivity index (χ0n) is 27.2. The SMILES string of the molecule is COC(=O)[C@@H](OC(C)(C)C)c1c(C)nc2cc3nn2c1N1CCC(C)(CC1)OC/C=C\CCc1ncccc1-c1cccc-3c1. The molecule has 3 aliphatic heterocycles. The van der Waals surface area contributed by atoms with Crippen molar-refractivity contribution < 1.29 is 19.0 Å². The lowest BCUT2D eigenvalue weighted by Gasteiger charge is -2.41. The maximum Gasteiger partial charge on any atom is 0.339 e. The van der Waals surface area contributed by atoms with Crippen molar-refractivity contribution >= 4 is 17.4 Å². The van der Waals surface area contributed by atoms with E-state index in [0.29, 0.717) is 23.5 Å². The van der Waals surface area contributed by atoms with Crippen LogP contribution >= 0.6 is 0 Å². The topological polar surface area (TPSA) is 91.1 Å². The van der Waals surface area contributed by atoms with Gasteiger partial charge in [0, 0.05) is 47.9 Å². The highest BCUT2D eigenvalue weighted by atomic mass is 16.6. The Balaban J connectivity index is 1.56. The van der Waals surface area contributed by atoms with Crippen LogP contribution in [0.2, 0.25) is 0 Å². The lowest BCUT2D eigenvalue weighted by atomic mass is 9.92. The number of fused-ring (bicyclic) bond motifs is 6. The van der Waals surface area contributed by atoms with E-state index in [1.807, 2.05) is 50.5 Å². The van der Waals surface area contributed by atoms with E-state index in [2.05, 4.69) is 54.3 Å². The number of hydrogen-bond acceptors (Lipinski definition) is 8. The summed E-state index contributed by atoms with van der Waals surface area (Å²) in [4.78, 5) is 25.3. The predicted octanol–water partition coefficient (Wildman–Crippen LogP) is 6.67. The Morgan fingerprint density at radius 2 is 1.84 bits per heavy atom. The van der Waals surface area contributed by atoms with Crippen molar-refractivity contribution in [1.82, 2.24) is 19.6 Å². The zero-order valence-corrected chi connectivity index (χ0v) is 27.2. The largest absolute Gasteiger partial charge is 0.467 e. The third-order valence-corrected chi connectivity index (χ3v) is 8.68. The molecule has 9 nitrogen and oxygen atoms in total. The first kappa shape index (κ1) is 30.9. The highest BCUT2D eigenvalue weighted by molar-refractivity contribution is 5.81. The lowest BCUT2D eigenvalue weighted by molar-refractivity contribution is -0.164. The minimum Gasteiger partial charge on any atom is -0.467 e. The summed E-state index contributed by atoms with van der Waals surface area (Å²) in [7, 11) is 1.39. The summed E-state index contributed by atoms with van der Waals surface area (Å²) in [5, 5.41) is 5.15. The average molecular weight is 610 g/mol. The third kappa shape index (κ3) is 6.51. The Hall–Kier alpha value is -4.08. The lowest BCUT2D eigenvalue weighted by Crippen LogP contribution is -2.45. The molecule has 1 fully saturated rings. The van der Waals surface area contributed by atoms with Crippen molar-refractivity contribution in [2.24, 2.45) is 0 Å². The molecule has 1 aromatic carbocycles. The van der Waals surface area contributed by atoms with Crippen LogP contribution in [0, 0.1) is 6.92 Å². The number of allylic oxidation sites excluding steroid dienone is 1. The zero-order chi connectivity index (χ0) is 31.8. The van der Waals surface area contributed by atoms with Gasteiger partial charge in [0.15, 0.2) is 11.8 Å². The van der Waals surface area contributed by atoms with Crippen LogP contribution in [0.3, 0.4) is 0 Å². The van der Waals surface area contributed by atoms with Gasteiger partial charge < -0.3 is 19.1 Å². The highest BCUT2D eigenvalue weighted by Crippen LogP contribution is 2.39. The van der Waals surface area contributed by atoms with E-state index in [1.54, 1.807) is 0 Å². The minimum absolute atomic E-state index is 0.267. The molecule has 0 amide bonds. The van der Waals surface area contributed by atoms with Gasteiger partial charge in [0.25, 0.3) is 0 Å². The van der Waals surface area contributed by atoms with Gasteiger partial charge in [0.1, 0.15) is 5.82 Å². The van der Waals surface area contributed by atoms with E-state index in [4.69, 9.17) is 29.3 Å². The number of anilines is 1. The van der Waals surface area contributed by atoms with E-state index in [1.165, 1.54) is 7.11 Å². The molecule has 0 spiro atoms. The van der Waals surface area contributed by atoms with Gasteiger partial charge >= 0.3 is 5.97 Å². The summed E-state index contributed by atoms with van der Waals surface area (Å²) in [5.74, 6) is 0.333. The van der Waals surface area contributed by atoms with Gasteiger partial charge in [-0.1, -0.05) is 36.4 Å². The number of esters is 1. The fourth-order valence-corrected chi connectivity index (χ4v) is 6.29. The summed E-state index contributed by atoms with van der Waals surface area (Å²) in [6.07, 6.45) is 8.56. The van der Waals surface area contributed by atoms with Gasteiger partial charge in [-0.05, 0) is 78.0 Å². The monoisotopic (exact) mass is 609 g/mol. The summed E-state index contributed by atoms with van der Waals surface area (Å²) in [6, 6.07) is 14.5. The van der Waals surface area contributed by atoms with E-state index >= 15 is 0 Å². The van der Waals surface area contributed by atoms with Crippen LogP contribution in [0.15, 0.2) is 60.8 Å². The van der Waals surface area contributed by atoms with Gasteiger partial charge in [-0.15, -0.1) is 0 Å². The molecule has 9 heteroatoms. The van der Waals surface area contributed by atoms with Gasteiger partial charge in [-0.25, -0.2) is 9.78 Å². The smallest absolute Gasteiger partial charge is 0.339 e. The Morgan fingerprint density at radius 3 is 2.60 bits per heavy atom. The molecule has 0 N–H and O–H groups in total. The number of nitrogens with zero attached hydrogens (tertiary/aromatic N) is 5. The molecular weight excluding hydrogens is 566 g/mol. The molecule has 3 aromatic heterocycles. The van der Waals surface area contributed by atoms with Crippen LogP contribution < -0.4 is 4.90 Å². The van der Waals surface area contributed by atoms with Crippen molar-refractivity contribution in [3.63, 3.8) is 0 Å². The summed E-state index contributed by atoms with van der Waals surface area (Å²) < 4.78 is 20.0. The first-order chi connectivity index (χ1) is 21.5.